The summed E-state index contributed by atoms with van der Waals surface area (Å²) in [6, 6.07) is 16.8. The van der Waals surface area contributed by atoms with Crippen molar-refractivity contribution >= 4 is 28.3 Å². The van der Waals surface area contributed by atoms with Gasteiger partial charge in [0.15, 0.2) is 0 Å². The fourth-order valence-electron chi connectivity index (χ4n) is 3.24. The second kappa shape index (κ2) is 7.15. The van der Waals surface area contributed by atoms with E-state index in [1.807, 2.05) is 67.1 Å². The minimum Gasteiger partial charge on any atom is -0.344 e. The topological polar surface area (TPSA) is 68.9 Å². The predicted molar refractivity (Wildman–Crippen MR) is 109 cm³/mol. The Balaban J connectivity index is 1.57. The number of rotatable bonds is 5. The highest BCUT2D eigenvalue weighted by molar-refractivity contribution is 6.48. The highest BCUT2D eigenvalue weighted by Crippen LogP contribution is 2.25. The molecule has 0 unspecified atom stereocenters. The van der Waals surface area contributed by atoms with Crippen LogP contribution < -0.4 is 5.32 Å². The molecule has 0 spiro atoms. The predicted octanol–water partition coefficient (Wildman–Crippen LogP) is 4.23. The maximum atomic E-state index is 12.8. The molecular weight excluding hydrogens is 352 g/mol. The van der Waals surface area contributed by atoms with E-state index in [0.717, 1.165) is 16.6 Å². The number of para-hydroxylation sites is 1. The molecule has 0 saturated carbocycles. The molecule has 0 aliphatic carbocycles. The van der Waals surface area contributed by atoms with Gasteiger partial charge in [-0.25, -0.2) is 4.68 Å². The Morgan fingerprint density at radius 1 is 1.00 bits per heavy atom. The molecule has 0 aliphatic rings. The van der Waals surface area contributed by atoms with Gasteiger partial charge in [0.2, 0.25) is 0 Å². The zero-order valence-corrected chi connectivity index (χ0v) is 15.7. The minimum absolute atomic E-state index is 0.185. The van der Waals surface area contributed by atoms with Gasteiger partial charge in [0.05, 0.1) is 11.3 Å². The van der Waals surface area contributed by atoms with Gasteiger partial charge in [0.1, 0.15) is 0 Å². The molecule has 2 heterocycles. The van der Waals surface area contributed by atoms with E-state index >= 15 is 0 Å². The standard InChI is InChI=1S/C22H20N4O2/c1-15(2)25-14-19(18-6-3-4-7-20(18)25)21(27)22(28)24-16-8-10-17(11-9-16)26-13-5-12-23-26/h3-15H,1-2H3,(H,24,28). The number of hydrogen-bond acceptors (Lipinski definition) is 3. The van der Waals surface area contributed by atoms with Crippen molar-refractivity contribution in [1.29, 1.82) is 0 Å². The average molecular weight is 372 g/mol. The molecule has 0 saturated heterocycles. The van der Waals surface area contributed by atoms with Gasteiger partial charge >= 0.3 is 0 Å². The zero-order valence-electron chi connectivity index (χ0n) is 15.7. The maximum Gasteiger partial charge on any atom is 0.296 e. The molecule has 0 bridgehead atoms. The van der Waals surface area contributed by atoms with Crippen LogP contribution in [0.4, 0.5) is 5.69 Å². The third-order valence-corrected chi connectivity index (χ3v) is 4.64. The minimum atomic E-state index is -0.654. The number of carbonyl (C=O) groups excluding carboxylic acids is 2. The summed E-state index contributed by atoms with van der Waals surface area (Å²) in [4.78, 5) is 25.4. The van der Waals surface area contributed by atoms with Crippen LogP contribution in [0.15, 0.2) is 73.2 Å². The Morgan fingerprint density at radius 3 is 2.43 bits per heavy atom. The number of nitrogens with zero attached hydrogens (tertiary/aromatic N) is 3. The lowest BCUT2D eigenvalue weighted by Crippen LogP contribution is -2.22. The van der Waals surface area contributed by atoms with E-state index in [2.05, 4.69) is 10.4 Å². The van der Waals surface area contributed by atoms with Crippen LogP contribution in [0.25, 0.3) is 16.6 Å². The molecule has 4 aromatic rings. The Kier molecular flexibility index (Phi) is 4.53. The third kappa shape index (κ3) is 3.20. The van der Waals surface area contributed by atoms with Gasteiger partial charge in [-0.15, -0.1) is 0 Å². The molecule has 1 N–H and O–H groups in total. The summed E-state index contributed by atoms with van der Waals surface area (Å²) in [5.74, 6) is -1.20. The van der Waals surface area contributed by atoms with Gasteiger partial charge in [-0.1, -0.05) is 18.2 Å². The van der Waals surface area contributed by atoms with Crippen molar-refractivity contribution in [1.82, 2.24) is 14.3 Å². The smallest absolute Gasteiger partial charge is 0.296 e. The van der Waals surface area contributed by atoms with Crippen LogP contribution in [0.5, 0.6) is 0 Å². The molecule has 0 fully saturated rings. The van der Waals surface area contributed by atoms with E-state index in [0.29, 0.717) is 11.3 Å². The maximum absolute atomic E-state index is 12.8. The number of Topliss-reactive ketones (excluding diaryl/α,β-unsaturated/α-hetero) is 1. The first-order chi connectivity index (χ1) is 13.5. The van der Waals surface area contributed by atoms with Crippen LogP contribution in [0.1, 0.15) is 30.2 Å². The van der Waals surface area contributed by atoms with Gasteiger partial charge in [-0.2, -0.15) is 5.10 Å². The monoisotopic (exact) mass is 372 g/mol. The molecule has 0 radical (unpaired) electrons. The lowest BCUT2D eigenvalue weighted by molar-refractivity contribution is -0.112. The van der Waals surface area contributed by atoms with Crippen LogP contribution >= 0.6 is 0 Å². The van der Waals surface area contributed by atoms with Crippen molar-refractivity contribution in [3.05, 3.63) is 78.8 Å². The molecule has 0 aliphatic heterocycles. The Bertz CT molecular complexity index is 1140. The number of anilines is 1. The average Bonchev–Trinajstić information content (AvgIpc) is 3.36. The Hall–Kier alpha value is -3.67. The molecule has 0 atom stereocenters. The van der Waals surface area contributed by atoms with Crippen molar-refractivity contribution in [2.24, 2.45) is 0 Å². The van der Waals surface area contributed by atoms with Crippen LogP contribution in [-0.4, -0.2) is 26.0 Å². The Morgan fingerprint density at radius 2 is 1.75 bits per heavy atom. The van der Waals surface area contributed by atoms with Crippen molar-refractivity contribution in [2.45, 2.75) is 19.9 Å². The highest BCUT2D eigenvalue weighted by atomic mass is 16.2. The highest BCUT2D eigenvalue weighted by Gasteiger charge is 2.22. The molecule has 2 aromatic carbocycles. The number of aromatic nitrogens is 3. The second-order valence-corrected chi connectivity index (χ2v) is 6.84. The number of nitrogens with one attached hydrogen (secondary N) is 1. The lowest BCUT2D eigenvalue weighted by Gasteiger charge is -2.08. The molecule has 4 rings (SSSR count). The summed E-state index contributed by atoms with van der Waals surface area (Å²) in [5, 5.41) is 7.63. The van der Waals surface area contributed by atoms with Crippen molar-refractivity contribution < 1.29 is 9.59 Å². The molecule has 28 heavy (non-hydrogen) atoms. The first kappa shape index (κ1) is 17.7. The van der Waals surface area contributed by atoms with Crippen molar-refractivity contribution in [2.75, 3.05) is 5.32 Å². The number of amides is 1. The van der Waals surface area contributed by atoms with Gasteiger partial charge in [0, 0.05) is 41.2 Å². The van der Waals surface area contributed by atoms with Crippen molar-refractivity contribution in [3.8, 4) is 5.69 Å². The molecule has 140 valence electrons. The summed E-state index contributed by atoms with van der Waals surface area (Å²) in [7, 11) is 0. The van der Waals surface area contributed by atoms with E-state index in [4.69, 9.17) is 0 Å². The molecule has 6 heteroatoms. The van der Waals surface area contributed by atoms with Crippen LogP contribution in [0, 0.1) is 0 Å². The largest absolute Gasteiger partial charge is 0.344 e. The van der Waals surface area contributed by atoms with Gasteiger partial charge in [0.25, 0.3) is 11.7 Å². The van der Waals surface area contributed by atoms with Crippen LogP contribution in [0.2, 0.25) is 0 Å². The van der Waals surface area contributed by atoms with Crippen LogP contribution in [-0.2, 0) is 4.79 Å². The lowest BCUT2D eigenvalue weighted by atomic mass is 10.1. The number of fused-ring (bicyclic) bond motifs is 1. The fraction of sp³-hybridized carbons (Fsp3) is 0.136. The number of ketones is 1. The second-order valence-electron chi connectivity index (χ2n) is 6.84. The summed E-state index contributed by atoms with van der Waals surface area (Å²) >= 11 is 0. The van der Waals surface area contributed by atoms with E-state index in [1.165, 1.54) is 0 Å². The summed E-state index contributed by atoms with van der Waals surface area (Å²) in [6.07, 6.45) is 5.29. The van der Waals surface area contributed by atoms with E-state index < -0.39 is 11.7 Å². The summed E-state index contributed by atoms with van der Waals surface area (Å²) in [5.41, 5.74) is 2.78. The van der Waals surface area contributed by atoms with Gasteiger partial charge in [-0.3, -0.25) is 9.59 Å². The van der Waals surface area contributed by atoms with Gasteiger partial charge in [-0.05, 0) is 50.2 Å². The number of carbonyl (C=O) groups is 2. The zero-order chi connectivity index (χ0) is 19.7. The Labute approximate surface area is 162 Å². The molecule has 6 nitrogen and oxygen atoms in total. The first-order valence-corrected chi connectivity index (χ1v) is 9.10. The first-order valence-electron chi connectivity index (χ1n) is 9.10. The number of hydrogen-bond donors (Lipinski definition) is 1. The van der Waals surface area contributed by atoms with Crippen LogP contribution in [0.3, 0.4) is 0 Å². The number of benzene rings is 2. The normalized spacial score (nSPS) is 11.1. The quantitative estimate of drug-likeness (QED) is 0.421. The third-order valence-electron chi connectivity index (χ3n) is 4.64. The molecular formula is C22H20N4O2. The van der Waals surface area contributed by atoms with Gasteiger partial charge < -0.3 is 9.88 Å². The molecule has 2 aromatic heterocycles. The van der Waals surface area contributed by atoms with E-state index in [9.17, 15) is 9.59 Å². The fourth-order valence-corrected chi connectivity index (χ4v) is 3.24. The SMILES string of the molecule is CC(C)n1cc(C(=O)C(=O)Nc2ccc(-n3cccn3)cc2)c2ccccc21. The van der Waals surface area contributed by atoms with Crippen molar-refractivity contribution in [3.63, 3.8) is 0 Å². The summed E-state index contributed by atoms with van der Waals surface area (Å²) < 4.78 is 3.73. The van der Waals surface area contributed by atoms with E-state index in [-0.39, 0.29) is 6.04 Å². The van der Waals surface area contributed by atoms with E-state index in [1.54, 1.807) is 29.2 Å². The molecule has 1 amide bonds. The summed E-state index contributed by atoms with van der Waals surface area (Å²) in [6.45, 7) is 4.09.